The van der Waals surface area contributed by atoms with Crippen LogP contribution in [0.15, 0.2) is 18.2 Å². The number of anilines is 1. The van der Waals surface area contributed by atoms with Crippen molar-refractivity contribution in [1.82, 2.24) is 5.32 Å². The van der Waals surface area contributed by atoms with E-state index in [1.807, 2.05) is 18.2 Å². The molecule has 0 aliphatic carbocycles. The van der Waals surface area contributed by atoms with E-state index < -0.39 is 6.04 Å². The van der Waals surface area contributed by atoms with Crippen LogP contribution >= 0.6 is 22.6 Å². The average molecular weight is 375 g/mol. The molecule has 0 aliphatic heterocycles. The van der Waals surface area contributed by atoms with Gasteiger partial charge in [0.1, 0.15) is 0 Å². The SMILES string of the molecule is CCCCCNC(=O)C(N)Cc1ccc(N)c(I)c1. The van der Waals surface area contributed by atoms with E-state index in [-0.39, 0.29) is 5.91 Å². The molecule has 0 aromatic heterocycles. The Morgan fingerprint density at radius 2 is 2.16 bits per heavy atom. The van der Waals surface area contributed by atoms with Gasteiger partial charge in [0.05, 0.1) is 6.04 Å². The fraction of sp³-hybridized carbons (Fsp3) is 0.500. The van der Waals surface area contributed by atoms with E-state index >= 15 is 0 Å². The molecule has 19 heavy (non-hydrogen) atoms. The number of nitrogens with one attached hydrogen (secondary N) is 1. The van der Waals surface area contributed by atoms with E-state index in [2.05, 4.69) is 34.8 Å². The second-order valence-electron chi connectivity index (χ2n) is 4.66. The van der Waals surface area contributed by atoms with Crippen LogP contribution in [0.3, 0.4) is 0 Å². The van der Waals surface area contributed by atoms with Gasteiger partial charge in [0, 0.05) is 15.8 Å². The fourth-order valence-electron chi connectivity index (χ4n) is 1.76. The number of nitrogens with two attached hydrogens (primary N) is 2. The second-order valence-corrected chi connectivity index (χ2v) is 5.83. The lowest BCUT2D eigenvalue weighted by Gasteiger charge is -2.13. The van der Waals surface area contributed by atoms with Crippen LogP contribution in [0.4, 0.5) is 5.69 Å². The minimum absolute atomic E-state index is 0.0806. The van der Waals surface area contributed by atoms with Gasteiger partial charge in [-0.25, -0.2) is 0 Å². The number of benzene rings is 1. The Morgan fingerprint density at radius 3 is 2.79 bits per heavy atom. The summed E-state index contributed by atoms with van der Waals surface area (Å²) in [5.74, 6) is -0.0806. The van der Waals surface area contributed by atoms with Gasteiger partial charge in [-0.3, -0.25) is 4.79 Å². The fourth-order valence-corrected chi connectivity index (χ4v) is 2.34. The molecule has 0 bridgehead atoms. The van der Waals surface area contributed by atoms with Gasteiger partial charge < -0.3 is 16.8 Å². The monoisotopic (exact) mass is 375 g/mol. The molecule has 4 nitrogen and oxygen atoms in total. The van der Waals surface area contributed by atoms with E-state index in [0.717, 1.165) is 34.1 Å². The molecule has 0 saturated heterocycles. The number of nitrogen functional groups attached to an aromatic ring is 1. The Kier molecular flexibility index (Phi) is 7.15. The first-order valence-electron chi connectivity index (χ1n) is 6.61. The first-order chi connectivity index (χ1) is 9.04. The lowest BCUT2D eigenvalue weighted by Crippen LogP contribution is -2.42. The molecule has 1 atom stereocenters. The van der Waals surface area contributed by atoms with Gasteiger partial charge in [0.2, 0.25) is 5.91 Å². The highest BCUT2D eigenvalue weighted by molar-refractivity contribution is 14.1. The zero-order valence-electron chi connectivity index (χ0n) is 11.3. The summed E-state index contributed by atoms with van der Waals surface area (Å²) in [6.07, 6.45) is 3.82. The van der Waals surface area contributed by atoms with Crippen LogP contribution in [-0.2, 0) is 11.2 Å². The van der Waals surface area contributed by atoms with E-state index in [4.69, 9.17) is 11.5 Å². The van der Waals surface area contributed by atoms with Crippen molar-refractivity contribution in [2.75, 3.05) is 12.3 Å². The van der Waals surface area contributed by atoms with Gasteiger partial charge in [-0.05, 0) is 53.1 Å². The summed E-state index contributed by atoms with van der Waals surface area (Å²) in [7, 11) is 0. The minimum atomic E-state index is -0.499. The number of rotatable bonds is 7. The van der Waals surface area contributed by atoms with Crippen molar-refractivity contribution in [3.8, 4) is 0 Å². The van der Waals surface area contributed by atoms with E-state index in [1.54, 1.807) is 0 Å². The Morgan fingerprint density at radius 1 is 1.42 bits per heavy atom. The maximum absolute atomic E-state index is 11.8. The van der Waals surface area contributed by atoms with Crippen molar-refractivity contribution >= 4 is 34.2 Å². The molecule has 0 heterocycles. The predicted molar refractivity (Wildman–Crippen MR) is 87.8 cm³/mol. The highest BCUT2D eigenvalue weighted by atomic mass is 127. The molecule has 0 fully saturated rings. The molecular formula is C14H22IN3O. The molecule has 5 N–H and O–H groups in total. The first kappa shape index (κ1) is 16.2. The van der Waals surface area contributed by atoms with Crippen molar-refractivity contribution in [2.45, 2.75) is 38.6 Å². The Labute approximate surface area is 128 Å². The molecule has 106 valence electrons. The van der Waals surface area contributed by atoms with Crippen LogP contribution in [0.25, 0.3) is 0 Å². The Balaban J connectivity index is 2.42. The Hall–Kier alpha value is -0.820. The number of hydrogen-bond donors (Lipinski definition) is 3. The van der Waals surface area contributed by atoms with Crippen LogP contribution in [0, 0.1) is 3.57 Å². The van der Waals surface area contributed by atoms with Crippen LogP contribution < -0.4 is 16.8 Å². The van der Waals surface area contributed by atoms with Crippen molar-refractivity contribution in [3.63, 3.8) is 0 Å². The smallest absolute Gasteiger partial charge is 0.237 e. The largest absolute Gasteiger partial charge is 0.398 e. The molecule has 5 heteroatoms. The molecule has 0 radical (unpaired) electrons. The summed E-state index contributed by atoms with van der Waals surface area (Å²) in [4.78, 5) is 11.8. The van der Waals surface area contributed by atoms with Crippen LogP contribution in [0.1, 0.15) is 31.7 Å². The van der Waals surface area contributed by atoms with Gasteiger partial charge in [-0.1, -0.05) is 25.8 Å². The van der Waals surface area contributed by atoms with E-state index in [9.17, 15) is 4.79 Å². The van der Waals surface area contributed by atoms with Gasteiger partial charge in [0.15, 0.2) is 0 Å². The summed E-state index contributed by atoms with van der Waals surface area (Å²) >= 11 is 2.18. The summed E-state index contributed by atoms with van der Waals surface area (Å²) < 4.78 is 0.991. The normalized spacial score (nSPS) is 12.2. The zero-order valence-corrected chi connectivity index (χ0v) is 13.4. The van der Waals surface area contributed by atoms with Crippen LogP contribution in [-0.4, -0.2) is 18.5 Å². The van der Waals surface area contributed by atoms with Crippen molar-refractivity contribution < 1.29 is 4.79 Å². The van der Waals surface area contributed by atoms with Gasteiger partial charge in [-0.2, -0.15) is 0 Å². The van der Waals surface area contributed by atoms with Crippen LogP contribution in [0.5, 0.6) is 0 Å². The second kappa shape index (κ2) is 8.37. The summed E-state index contributed by atoms with van der Waals surface area (Å²) in [5.41, 5.74) is 13.5. The third kappa shape index (κ3) is 5.78. The maximum atomic E-state index is 11.8. The molecule has 1 amide bonds. The molecule has 0 spiro atoms. The molecule has 1 rings (SSSR count). The van der Waals surface area contributed by atoms with Crippen molar-refractivity contribution in [3.05, 3.63) is 27.3 Å². The number of halogens is 1. The summed E-state index contributed by atoms with van der Waals surface area (Å²) in [6, 6.07) is 5.24. The van der Waals surface area contributed by atoms with Crippen molar-refractivity contribution in [1.29, 1.82) is 0 Å². The summed E-state index contributed by atoms with van der Waals surface area (Å²) in [6.45, 7) is 2.84. The number of carbonyl (C=O) groups is 1. The van der Waals surface area contributed by atoms with E-state index in [1.165, 1.54) is 0 Å². The Bertz CT molecular complexity index is 423. The van der Waals surface area contributed by atoms with Gasteiger partial charge in [0.25, 0.3) is 0 Å². The quantitative estimate of drug-likeness (QED) is 0.388. The topological polar surface area (TPSA) is 81.1 Å². The third-order valence-electron chi connectivity index (χ3n) is 2.94. The standard InChI is InChI=1S/C14H22IN3O/c1-2-3-4-7-18-14(19)13(17)9-10-5-6-12(16)11(15)8-10/h5-6,8,13H,2-4,7,9,16-17H2,1H3,(H,18,19). The lowest BCUT2D eigenvalue weighted by molar-refractivity contribution is -0.122. The number of unbranched alkanes of at least 4 members (excludes halogenated alkanes) is 2. The van der Waals surface area contributed by atoms with Gasteiger partial charge >= 0.3 is 0 Å². The van der Waals surface area contributed by atoms with Gasteiger partial charge in [-0.15, -0.1) is 0 Å². The first-order valence-corrected chi connectivity index (χ1v) is 7.69. The number of hydrogen-bond acceptors (Lipinski definition) is 3. The molecule has 1 unspecified atom stereocenters. The number of carbonyl (C=O) groups excluding carboxylic acids is 1. The minimum Gasteiger partial charge on any atom is -0.398 e. The van der Waals surface area contributed by atoms with Crippen LogP contribution in [0.2, 0.25) is 0 Å². The predicted octanol–water partition coefficient (Wildman–Crippen LogP) is 2.05. The maximum Gasteiger partial charge on any atom is 0.237 e. The molecule has 0 aliphatic rings. The summed E-state index contributed by atoms with van der Waals surface area (Å²) in [5, 5.41) is 2.87. The highest BCUT2D eigenvalue weighted by Gasteiger charge is 2.13. The molecule has 1 aromatic carbocycles. The third-order valence-corrected chi connectivity index (χ3v) is 3.87. The lowest BCUT2D eigenvalue weighted by atomic mass is 10.1. The molecular weight excluding hydrogens is 353 g/mol. The zero-order chi connectivity index (χ0) is 14.3. The van der Waals surface area contributed by atoms with E-state index in [0.29, 0.717) is 13.0 Å². The average Bonchev–Trinajstić information content (AvgIpc) is 2.38. The molecule has 0 saturated carbocycles. The number of amides is 1. The highest BCUT2D eigenvalue weighted by Crippen LogP contribution is 2.17. The molecule has 1 aromatic rings. The van der Waals surface area contributed by atoms with Crippen molar-refractivity contribution in [2.24, 2.45) is 5.73 Å².